The number of amides is 2. The predicted octanol–water partition coefficient (Wildman–Crippen LogP) is 5.20. The first-order valence-electron chi connectivity index (χ1n) is 20.0. The van der Waals surface area contributed by atoms with Gasteiger partial charge < -0.3 is 20.1 Å². The molecule has 2 amide bonds. The number of nitrogens with one attached hydrogen (secondary N) is 1. The van der Waals surface area contributed by atoms with Crippen LogP contribution in [0.1, 0.15) is 103 Å². The van der Waals surface area contributed by atoms with Crippen molar-refractivity contribution in [3.63, 3.8) is 0 Å². The van der Waals surface area contributed by atoms with Gasteiger partial charge in [-0.25, -0.2) is 8.42 Å². The number of alkyl halides is 3. The van der Waals surface area contributed by atoms with Crippen molar-refractivity contribution in [1.82, 2.24) is 14.5 Å². The van der Waals surface area contributed by atoms with Crippen LogP contribution < -0.4 is 10.1 Å². The summed E-state index contributed by atoms with van der Waals surface area (Å²) >= 11 is 0. The van der Waals surface area contributed by atoms with Gasteiger partial charge in [0.2, 0.25) is 10.0 Å². The smallest absolute Gasteiger partial charge is 0.419 e. The summed E-state index contributed by atoms with van der Waals surface area (Å²) < 4.78 is 144. The van der Waals surface area contributed by atoms with Gasteiger partial charge in [0.15, 0.2) is 0 Å². The number of hydrogen-bond donors (Lipinski definition) is 2. The summed E-state index contributed by atoms with van der Waals surface area (Å²) in [5.41, 5.74) is -2.00. The number of carbonyl (C=O) groups is 2. The molecule has 0 bridgehead atoms. The minimum atomic E-state index is -5.26. The molecule has 3 aliphatic heterocycles. The van der Waals surface area contributed by atoms with Gasteiger partial charge in [-0.05, 0) is 106 Å². The van der Waals surface area contributed by atoms with E-state index in [0.717, 1.165) is 15.8 Å². The molecule has 5 rings (SSSR count). The molecule has 266 valence electrons. The van der Waals surface area contributed by atoms with Gasteiger partial charge in [-0.15, -0.1) is 0 Å². The Morgan fingerprint density at radius 3 is 2.39 bits per heavy atom. The highest BCUT2D eigenvalue weighted by Crippen LogP contribution is 2.38. The third kappa shape index (κ3) is 8.02. The zero-order chi connectivity index (χ0) is 43.7. The monoisotopic (exact) mass is 713 g/mol. The highest BCUT2D eigenvalue weighted by molar-refractivity contribution is 7.92. The van der Waals surface area contributed by atoms with E-state index < -0.39 is 70.7 Å². The number of amidine groups is 1. The Balaban J connectivity index is 1.31. The topological polar surface area (TPSA) is 129 Å². The number of rotatable bonds is 9. The van der Waals surface area contributed by atoms with E-state index in [1.807, 2.05) is 0 Å². The lowest BCUT2D eigenvalue weighted by Crippen LogP contribution is -2.50. The Morgan fingerprint density at radius 1 is 1.12 bits per heavy atom. The van der Waals surface area contributed by atoms with Crippen molar-refractivity contribution in [3.8, 4) is 5.75 Å². The first-order valence-corrected chi connectivity index (χ1v) is 17.0. The van der Waals surface area contributed by atoms with E-state index in [2.05, 4.69) is 10.3 Å². The molecule has 49 heavy (non-hydrogen) atoms. The number of nitrogens with zero attached hydrogens (tertiary/aromatic N) is 3. The average Bonchev–Trinajstić information content (AvgIpc) is 3.40. The number of aliphatic imine (C=N–C) groups is 1. The minimum absolute atomic E-state index is 0.135. The number of likely N-dealkylation sites (tertiary alicyclic amines) is 1. The second-order valence-electron chi connectivity index (χ2n) is 12.7. The van der Waals surface area contributed by atoms with E-state index in [0.29, 0.717) is 60.3 Å². The Hall–Kier alpha value is -3.75. The second kappa shape index (κ2) is 13.9. The lowest BCUT2D eigenvalue weighted by atomic mass is 9.89. The van der Waals surface area contributed by atoms with Crippen molar-refractivity contribution >= 4 is 33.7 Å². The molecule has 2 N–H and O–H groups in total. The fourth-order valence-corrected chi connectivity index (χ4v) is 7.34. The molecule has 0 radical (unpaired) electrons. The third-order valence-corrected chi connectivity index (χ3v) is 10.7. The van der Waals surface area contributed by atoms with Crippen LogP contribution in [0.5, 0.6) is 5.75 Å². The summed E-state index contributed by atoms with van der Waals surface area (Å²) in [6.45, 7) is -1.96. The molecule has 3 aliphatic rings. The maximum Gasteiger partial charge on any atom is 0.419 e. The maximum atomic E-state index is 14.3. The normalized spacial score (nSPS) is 23.6. The number of benzene rings is 2. The van der Waals surface area contributed by atoms with Crippen LogP contribution in [0.4, 0.5) is 13.2 Å². The second-order valence-corrected chi connectivity index (χ2v) is 14.5. The van der Waals surface area contributed by atoms with Gasteiger partial charge in [0.1, 0.15) is 17.1 Å². The largest absolute Gasteiger partial charge is 0.493 e. The third-order valence-electron chi connectivity index (χ3n) is 9.10. The number of ether oxygens (including phenoxy) is 1. The van der Waals surface area contributed by atoms with Gasteiger partial charge in [-0.2, -0.15) is 17.5 Å². The number of hydrogen-bond acceptors (Lipinski definition) is 7. The van der Waals surface area contributed by atoms with E-state index in [9.17, 15) is 36.3 Å². The lowest BCUT2D eigenvalue weighted by molar-refractivity contribution is -0.139. The standard InChI is InChI=1S/C35H43F3N4O6S/c1-5-6-18-48-29-8-7-25(22-28(29)35(36,37)38)30-39-32(44)34(40-30)12-16-42(17-13-34)49(46,47)19-9-27-23(2)20-26(21-24(27)3)31(43)41-14-10-33(4,45)11-15-41/h7-9,19-22,45H,5-6,10-18H2,1-4H3,(H,39,40,44)/b19-9+/i1D3,5D2,6D2,18D2. The summed E-state index contributed by atoms with van der Waals surface area (Å²) in [5.74, 6) is -2.49. The Bertz CT molecular complexity index is 2120. The Morgan fingerprint density at radius 2 is 1.78 bits per heavy atom. The van der Waals surface area contributed by atoms with Gasteiger partial charge in [0.25, 0.3) is 11.8 Å². The number of halogens is 3. The number of aryl methyl sites for hydroxylation is 2. The van der Waals surface area contributed by atoms with Gasteiger partial charge >= 0.3 is 6.18 Å². The van der Waals surface area contributed by atoms with E-state index in [1.54, 1.807) is 37.8 Å². The highest BCUT2D eigenvalue weighted by atomic mass is 32.2. The van der Waals surface area contributed by atoms with Crippen LogP contribution in [0.3, 0.4) is 0 Å². The summed E-state index contributed by atoms with van der Waals surface area (Å²) in [6, 6.07) is 5.37. The summed E-state index contributed by atoms with van der Waals surface area (Å²) in [5, 5.41) is 13.7. The SMILES string of the molecule is [2H]C([2H])([2H])C([2H])([2H])C([2H])([2H])C([2H])([2H])Oc1ccc(C2=NC3(CCN(S(=O)(=O)/C=C/c4c(C)cc(C(=O)N5CCC(C)(O)CC5)cc4C)CC3)C(=O)N2)cc1C(F)(F)F. The molecule has 2 aromatic carbocycles. The van der Waals surface area contributed by atoms with Crippen LogP contribution in [-0.4, -0.2) is 84.3 Å². The molecule has 3 heterocycles. The highest BCUT2D eigenvalue weighted by Gasteiger charge is 2.47. The van der Waals surface area contributed by atoms with Crippen molar-refractivity contribution in [2.24, 2.45) is 4.99 Å². The summed E-state index contributed by atoms with van der Waals surface area (Å²) in [6.07, 6.45) is -11.1. The zero-order valence-corrected chi connectivity index (χ0v) is 27.9. The summed E-state index contributed by atoms with van der Waals surface area (Å²) in [4.78, 5) is 32.4. The van der Waals surface area contributed by atoms with Crippen molar-refractivity contribution in [2.45, 2.75) is 83.4 Å². The molecule has 0 aliphatic carbocycles. The Kier molecular flexibility index (Phi) is 7.39. The molecular formula is C35H43F3N4O6S. The molecule has 14 heteroatoms. The van der Waals surface area contributed by atoms with Crippen LogP contribution in [0.2, 0.25) is 0 Å². The average molecular weight is 714 g/mol. The van der Waals surface area contributed by atoms with Crippen LogP contribution in [0.15, 0.2) is 40.7 Å². The van der Waals surface area contributed by atoms with Crippen LogP contribution in [-0.2, 0) is 21.0 Å². The number of sulfonamides is 1. The molecule has 2 aromatic rings. The van der Waals surface area contributed by atoms with Gasteiger partial charge in [0, 0.05) is 52.3 Å². The van der Waals surface area contributed by atoms with Gasteiger partial charge in [-0.3, -0.25) is 14.6 Å². The van der Waals surface area contributed by atoms with E-state index in [1.165, 1.54) is 6.08 Å². The van der Waals surface area contributed by atoms with E-state index in [4.69, 9.17) is 17.1 Å². The van der Waals surface area contributed by atoms with E-state index in [-0.39, 0.29) is 43.2 Å². The Labute approximate surface area is 297 Å². The molecule has 2 fully saturated rings. The maximum absolute atomic E-state index is 14.3. The fraction of sp³-hybridized carbons (Fsp3) is 0.514. The lowest BCUT2D eigenvalue weighted by Gasteiger charge is -2.36. The quantitative estimate of drug-likeness (QED) is 0.368. The molecule has 1 spiro atoms. The molecule has 0 saturated carbocycles. The van der Waals surface area contributed by atoms with Crippen molar-refractivity contribution < 1.29 is 53.4 Å². The minimum Gasteiger partial charge on any atom is -0.493 e. The molecule has 0 atom stereocenters. The van der Waals surface area contributed by atoms with Crippen LogP contribution in [0.25, 0.3) is 6.08 Å². The van der Waals surface area contributed by atoms with Crippen molar-refractivity contribution in [1.29, 1.82) is 0 Å². The van der Waals surface area contributed by atoms with Gasteiger partial charge in [0.05, 0.1) is 20.5 Å². The van der Waals surface area contributed by atoms with Crippen molar-refractivity contribution in [3.05, 3.63) is 69.1 Å². The molecular weight excluding hydrogens is 661 g/mol. The van der Waals surface area contributed by atoms with Crippen molar-refractivity contribution in [2.75, 3.05) is 32.7 Å². The van der Waals surface area contributed by atoms with Gasteiger partial charge in [-0.1, -0.05) is 13.2 Å². The molecule has 0 aromatic heterocycles. The number of piperidine rings is 2. The fourth-order valence-electron chi connectivity index (χ4n) is 6.17. The van der Waals surface area contributed by atoms with E-state index >= 15 is 0 Å². The van der Waals surface area contributed by atoms with Crippen LogP contribution in [0, 0.1) is 13.8 Å². The first kappa shape index (κ1) is 26.1. The molecule has 2 saturated heterocycles. The predicted molar refractivity (Wildman–Crippen MR) is 180 cm³/mol. The molecule has 0 unspecified atom stereocenters. The molecule has 10 nitrogen and oxygen atoms in total. The first-order chi connectivity index (χ1) is 26.3. The number of carbonyl (C=O) groups excluding carboxylic acids is 2. The summed E-state index contributed by atoms with van der Waals surface area (Å²) in [7, 11) is -4.05. The van der Waals surface area contributed by atoms with Crippen LogP contribution >= 0.6 is 0 Å². The number of aliphatic hydroxyl groups is 1. The zero-order valence-electron chi connectivity index (χ0n) is 36.1.